The lowest BCUT2D eigenvalue weighted by Gasteiger charge is -2.28. The molecule has 0 spiro atoms. The van der Waals surface area contributed by atoms with E-state index in [1.54, 1.807) is 0 Å². The number of rotatable bonds is 5. The number of nitrogens with zero attached hydrogens (tertiary/aromatic N) is 1. The second-order valence-electron chi connectivity index (χ2n) is 7.25. The van der Waals surface area contributed by atoms with Gasteiger partial charge in [-0.25, -0.2) is 0 Å². The van der Waals surface area contributed by atoms with E-state index in [9.17, 15) is 22.8 Å². The van der Waals surface area contributed by atoms with E-state index in [2.05, 4.69) is 5.32 Å². The van der Waals surface area contributed by atoms with Crippen molar-refractivity contribution in [2.24, 2.45) is 0 Å². The fourth-order valence-corrected chi connectivity index (χ4v) is 4.41. The molecule has 4 rings (SSSR count). The van der Waals surface area contributed by atoms with Gasteiger partial charge in [0, 0.05) is 23.9 Å². The number of carbonyl (C=O) groups is 2. The second kappa shape index (κ2) is 7.74. The highest BCUT2D eigenvalue weighted by molar-refractivity contribution is 8.01. The molecule has 1 aliphatic carbocycles. The van der Waals surface area contributed by atoms with E-state index < -0.39 is 22.9 Å². The predicted molar refractivity (Wildman–Crippen MR) is 104 cm³/mol. The number of amides is 2. The van der Waals surface area contributed by atoms with E-state index in [0.29, 0.717) is 11.4 Å². The van der Waals surface area contributed by atoms with E-state index in [1.165, 1.54) is 6.07 Å². The van der Waals surface area contributed by atoms with Crippen LogP contribution >= 0.6 is 11.8 Å². The molecule has 1 aliphatic heterocycles. The number of fused-ring (bicyclic) bond motifs is 1. The van der Waals surface area contributed by atoms with Crippen LogP contribution in [-0.2, 0) is 22.3 Å². The van der Waals surface area contributed by atoms with Gasteiger partial charge in [-0.2, -0.15) is 13.2 Å². The monoisotopic (exact) mass is 420 g/mol. The summed E-state index contributed by atoms with van der Waals surface area (Å²) in [6.45, 7) is 0.495. The third-order valence-electron chi connectivity index (χ3n) is 4.99. The highest BCUT2D eigenvalue weighted by Gasteiger charge is 2.37. The van der Waals surface area contributed by atoms with Gasteiger partial charge in [0.05, 0.1) is 16.5 Å². The molecule has 1 N–H and O–H groups in total. The van der Waals surface area contributed by atoms with Crippen LogP contribution < -0.4 is 5.32 Å². The molecule has 8 heteroatoms. The fraction of sp³-hybridized carbons (Fsp3) is 0.333. The van der Waals surface area contributed by atoms with Crippen molar-refractivity contribution in [1.29, 1.82) is 0 Å². The minimum absolute atomic E-state index is 0.0142. The lowest BCUT2D eigenvalue weighted by Crippen LogP contribution is -2.38. The summed E-state index contributed by atoms with van der Waals surface area (Å²) in [5, 5.41) is 1.87. The molecule has 4 nitrogen and oxygen atoms in total. The number of thioether (sulfide) groups is 1. The zero-order valence-electron chi connectivity index (χ0n) is 15.4. The molecule has 1 fully saturated rings. The first-order valence-electron chi connectivity index (χ1n) is 9.33. The Labute approximate surface area is 170 Å². The molecule has 152 valence electrons. The van der Waals surface area contributed by atoms with Crippen LogP contribution in [0.25, 0.3) is 0 Å². The summed E-state index contributed by atoms with van der Waals surface area (Å²) in [6.07, 6.45) is -2.56. The molecule has 0 radical (unpaired) electrons. The standard InChI is InChI=1S/C21H19F3N2O2S/c22-21(23,24)14-6-9-17-16(10-14)25-20(28)18(29-17)11-19(27)26(15-7-8-15)12-13-4-2-1-3-5-13/h1-6,9-10,15,18H,7-8,11-12H2,(H,25,28). The number of carbonyl (C=O) groups excluding carboxylic acids is 2. The van der Waals surface area contributed by atoms with Gasteiger partial charge in [-0.1, -0.05) is 30.3 Å². The minimum Gasteiger partial charge on any atom is -0.335 e. The number of hydrogen-bond donors (Lipinski definition) is 1. The molecule has 0 bridgehead atoms. The smallest absolute Gasteiger partial charge is 0.335 e. The Hall–Kier alpha value is -2.48. The SMILES string of the molecule is O=C1Nc2cc(C(F)(F)F)ccc2SC1CC(=O)N(Cc1ccccc1)C1CC1. The van der Waals surface area contributed by atoms with Crippen molar-refractivity contribution in [3.05, 3.63) is 59.7 Å². The largest absolute Gasteiger partial charge is 0.416 e. The normalized spacial score (nSPS) is 18.7. The Morgan fingerprint density at radius 1 is 1.14 bits per heavy atom. The van der Waals surface area contributed by atoms with Crippen molar-refractivity contribution in [2.75, 3.05) is 5.32 Å². The van der Waals surface area contributed by atoms with Crippen LogP contribution in [0.4, 0.5) is 18.9 Å². The maximum absolute atomic E-state index is 12.9. The van der Waals surface area contributed by atoms with E-state index in [1.807, 2.05) is 35.2 Å². The van der Waals surface area contributed by atoms with Crippen molar-refractivity contribution in [2.45, 2.75) is 48.2 Å². The Balaban J connectivity index is 1.46. The van der Waals surface area contributed by atoms with Crippen LogP contribution in [0.5, 0.6) is 0 Å². The summed E-state index contributed by atoms with van der Waals surface area (Å²) >= 11 is 1.14. The zero-order valence-corrected chi connectivity index (χ0v) is 16.2. The van der Waals surface area contributed by atoms with E-state index in [0.717, 1.165) is 42.3 Å². The lowest BCUT2D eigenvalue weighted by molar-refractivity contribution is -0.137. The molecule has 0 saturated heterocycles. The van der Waals surface area contributed by atoms with Gasteiger partial charge < -0.3 is 10.2 Å². The van der Waals surface area contributed by atoms with Gasteiger partial charge in [0.15, 0.2) is 0 Å². The summed E-state index contributed by atoms with van der Waals surface area (Å²) in [4.78, 5) is 27.7. The van der Waals surface area contributed by atoms with E-state index in [4.69, 9.17) is 0 Å². The Morgan fingerprint density at radius 3 is 2.52 bits per heavy atom. The van der Waals surface area contributed by atoms with Gasteiger partial charge in [0.2, 0.25) is 11.8 Å². The number of nitrogens with one attached hydrogen (secondary N) is 1. The predicted octanol–water partition coefficient (Wildman–Crippen LogP) is 4.70. The van der Waals surface area contributed by atoms with Crippen molar-refractivity contribution in [1.82, 2.24) is 4.90 Å². The minimum atomic E-state index is -4.47. The molecule has 1 unspecified atom stereocenters. The highest BCUT2D eigenvalue weighted by atomic mass is 32.2. The summed E-state index contributed by atoms with van der Waals surface area (Å²) in [5.41, 5.74) is 0.356. The number of benzene rings is 2. The van der Waals surface area contributed by atoms with E-state index >= 15 is 0 Å². The van der Waals surface area contributed by atoms with Crippen molar-refractivity contribution < 1.29 is 22.8 Å². The topological polar surface area (TPSA) is 49.4 Å². The number of alkyl halides is 3. The van der Waals surface area contributed by atoms with Gasteiger partial charge in [0.1, 0.15) is 0 Å². The Kier molecular flexibility index (Phi) is 5.29. The molecule has 2 aromatic rings. The molecule has 2 aliphatic rings. The first-order chi connectivity index (χ1) is 13.8. The number of halogens is 3. The molecule has 1 heterocycles. The van der Waals surface area contributed by atoms with E-state index in [-0.39, 0.29) is 24.1 Å². The van der Waals surface area contributed by atoms with Crippen molar-refractivity contribution in [3.8, 4) is 0 Å². The molecule has 2 aromatic carbocycles. The van der Waals surface area contributed by atoms with Gasteiger partial charge in [-0.05, 0) is 36.6 Å². The highest BCUT2D eigenvalue weighted by Crippen LogP contribution is 2.41. The van der Waals surface area contributed by atoms with Crippen LogP contribution in [-0.4, -0.2) is 28.0 Å². The van der Waals surface area contributed by atoms with Crippen molar-refractivity contribution in [3.63, 3.8) is 0 Å². The molecule has 1 atom stereocenters. The second-order valence-corrected chi connectivity index (χ2v) is 8.49. The maximum Gasteiger partial charge on any atom is 0.416 e. The third kappa shape index (κ3) is 4.58. The first-order valence-corrected chi connectivity index (χ1v) is 10.2. The first kappa shape index (κ1) is 19.8. The molecular weight excluding hydrogens is 401 g/mol. The molecule has 0 aromatic heterocycles. The van der Waals surface area contributed by atoms with Crippen LogP contribution in [0, 0.1) is 0 Å². The molecular formula is C21H19F3N2O2S. The van der Waals surface area contributed by atoms with Crippen molar-refractivity contribution >= 4 is 29.3 Å². The average Bonchev–Trinajstić information content (AvgIpc) is 3.51. The van der Waals surface area contributed by atoms with Crippen LogP contribution in [0.1, 0.15) is 30.4 Å². The summed E-state index contributed by atoms with van der Waals surface area (Å²) in [5.74, 6) is -0.551. The summed E-state index contributed by atoms with van der Waals surface area (Å²) in [6, 6.07) is 13.1. The molecule has 2 amide bonds. The summed E-state index contributed by atoms with van der Waals surface area (Å²) in [7, 11) is 0. The van der Waals surface area contributed by atoms with Crippen LogP contribution in [0.15, 0.2) is 53.4 Å². The van der Waals surface area contributed by atoms with Gasteiger partial charge >= 0.3 is 6.18 Å². The van der Waals surface area contributed by atoms with Crippen LogP contribution in [0.2, 0.25) is 0 Å². The number of hydrogen-bond acceptors (Lipinski definition) is 3. The zero-order chi connectivity index (χ0) is 20.6. The van der Waals surface area contributed by atoms with Crippen LogP contribution in [0.3, 0.4) is 0 Å². The number of anilines is 1. The Morgan fingerprint density at radius 2 is 1.86 bits per heavy atom. The lowest BCUT2D eigenvalue weighted by atomic mass is 10.1. The molecule has 29 heavy (non-hydrogen) atoms. The quantitative estimate of drug-likeness (QED) is 0.763. The third-order valence-corrected chi connectivity index (χ3v) is 6.27. The van der Waals surface area contributed by atoms with Gasteiger partial charge in [0.25, 0.3) is 0 Å². The summed E-state index contributed by atoms with van der Waals surface area (Å²) < 4.78 is 38.7. The van der Waals surface area contributed by atoms with Gasteiger partial charge in [-0.15, -0.1) is 11.8 Å². The molecule has 1 saturated carbocycles. The average molecular weight is 420 g/mol. The Bertz CT molecular complexity index is 929. The maximum atomic E-state index is 12.9. The fourth-order valence-electron chi connectivity index (χ4n) is 3.32. The van der Waals surface area contributed by atoms with Gasteiger partial charge in [-0.3, -0.25) is 9.59 Å².